The van der Waals surface area contributed by atoms with Crippen LogP contribution in [-0.4, -0.2) is 17.9 Å². The SMILES string of the molecule is C[C@@H](OC(=O)c1ccc(Br)o1)C(=O)c1ccc2c(c1)CCC2. The number of benzene rings is 1. The van der Waals surface area contributed by atoms with Crippen LogP contribution in [0.3, 0.4) is 0 Å². The van der Waals surface area contributed by atoms with Crippen molar-refractivity contribution in [1.29, 1.82) is 0 Å². The molecule has 5 heteroatoms. The number of esters is 1. The van der Waals surface area contributed by atoms with Gasteiger partial charge in [-0.1, -0.05) is 12.1 Å². The van der Waals surface area contributed by atoms with E-state index < -0.39 is 12.1 Å². The molecule has 0 saturated carbocycles. The molecule has 1 aliphatic carbocycles. The van der Waals surface area contributed by atoms with Crippen LogP contribution in [0.5, 0.6) is 0 Å². The molecule has 0 bridgehead atoms. The highest BCUT2D eigenvalue weighted by molar-refractivity contribution is 9.10. The number of hydrogen-bond donors (Lipinski definition) is 0. The molecule has 114 valence electrons. The summed E-state index contributed by atoms with van der Waals surface area (Å²) in [5, 5.41) is 0. The van der Waals surface area contributed by atoms with Crippen molar-refractivity contribution in [3.8, 4) is 0 Å². The normalized spacial score (nSPS) is 14.5. The first-order valence-corrected chi connectivity index (χ1v) is 7.96. The molecule has 0 spiro atoms. The fraction of sp³-hybridized carbons (Fsp3) is 0.294. The van der Waals surface area contributed by atoms with Crippen LogP contribution in [0.15, 0.2) is 39.4 Å². The minimum absolute atomic E-state index is 0.0699. The lowest BCUT2D eigenvalue weighted by molar-refractivity contribution is 0.0288. The highest BCUT2D eigenvalue weighted by atomic mass is 79.9. The fourth-order valence-corrected chi connectivity index (χ4v) is 2.96. The molecule has 0 unspecified atom stereocenters. The minimum Gasteiger partial charge on any atom is -0.448 e. The van der Waals surface area contributed by atoms with Crippen molar-refractivity contribution < 1.29 is 18.7 Å². The maximum atomic E-state index is 12.4. The largest absolute Gasteiger partial charge is 0.448 e. The van der Waals surface area contributed by atoms with Gasteiger partial charge in [0.05, 0.1) is 0 Å². The molecule has 0 saturated heterocycles. The van der Waals surface area contributed by atoms with Gasteiger partial charge >= 0.3 is 5.97 Å². The van der Waals surface area contributed by atoms with Crippen LogP contribution < -0.4 is 0 Å². The molecule has 22 heavy (non-hydrogen) atoms. The summed E-state index contributed by atoms with van der Waals surface area (Å²) in [5.41, 5.74) is 3.11. The second kappa shape index (κ2) is 6.08. The molecular weight excluding hydrogens is 348 g/mol. The molecule has 0 fully saturated rings. The van der Waals surface area contributed by atoms with Crippen molar-refractivity contribution in [1.82, 2.24) is 0 Å². The zero-order chi connectivity index (χ0) is 15.7. The van der Waals surface area contributed by atoms with Gasteiger partial charge in [-0.05, 0) is 71.4 Å². The van der Waals surface area contributed by atoms with Gasteiger partial charge in [-0.15, -0.1) is 0 Å². The monoisotopic (exact) mass is 362 g/mol. The Balaban J connectivity index is 1.70. The van der Waals surface area contributed by atoms with Gasteiger partial charge in [-0.3, -0.25) is 4.79 Å². The molecular formula is C17H15BrO4. The van der Waals surface area contributed by atoms with Gasteiger partial charge in [-0.25, -0.2) is 4.79 Å². The quantitative estimate of drug-likeness (QED) is 0.610. The smallest absolute Gasteiger partial charge is 0.374 e. The average molecular weight is 363 g/mol. The number of fused-ring (bicyclic) bond motifs is 1. The van der Waals surface area contributed by atoms with Gasteiger partial charge in [0.2, 0.25) is 11.5 Å². The number of Topliss-reactive ketones (excluding diaryl/α,β-unsaturated/α-hetero) is 1. The topological polar surface area (TPSA) is 56.5 Å². The van der Waals surface area contributed by atoms with Crippen molar-refractivity contribution in [2.45, 2.75) is 32.3 Å². The summed E-state index contributed by atoms with van der Waals surface area (Å²) in [6.45, 7) is 1.57. The summed E-state index contributed by atoms with van der Waals surface area (Å²) in [6.07, 6.45) is 2.35. The van der Waals surface area contributed by atoms with E-state index in [4.69, 9.17) is 9.15 Å². The van der Waals surface area contributed by atoms with E-state index in [9.17, 15) is 9.59 Å². The number of hydrogen-bond acceptors (Lipinski definition) is 4. The molecule has 0 amide bonds. The zero-order valence-electron chi connectivity index (χ0n) is 12.1. The Hall–Kier alpha value is -1.88. The van der Waals surface area contributed by atoms with E-state index in [1.165, 1.54) is 17.2 Å². The van der Waals surface area contributed by atoms with Crippen molar-refractivity contribution in [2.75, 3.05) is 0 Å². The lowest BCUT2D eigenvalue weighted by Crippen LogP contribution is -2.24. The molecule has 1 aromatic heterocycles. The molecule has 0 radical (unpaired) electrons. The standard InChI is InChI=1S/C17H15BrO4/c1-10(21-17(20)14-7-8-15(18)22-14)16(19)13-6-5-11-3-2-4-12(11)9-13/h5-10H,2-4H2,1H3/t10-/m1/s1. The first-order chi connectivity index (χ1) is 10.5. The lowest BCUT2D eigenvalue weighted by atomic mass is 10.0. The number of carbonyl (C=O) groups is 2. The van der Waals surface area contributed by atoms with Gasteiger partial charge in [0.1, 0.15) is 0 Å². The van der Waals surface area contributed by atoms with Crippen molar-refractivity contribution in [2.24, 2.45) is 0 Å². The van der Waals surface area contributed by atoms with E-state index in [0.717, 1.165) is 19.3 Å². The lowest BCUT2D eigenvalue weighted by Gasteiger charge is -2.12. The Morgan fingerprint density at radius 2 is 1.95 bits per heavy atom. The van der Waals surface area contributed by atoms with E-state index in [0.29, 0.717) is 10.2 Å². The van der Waals surface area contributed by atoms with Crippen molar-refractivity contribution >= 4 is 27.7 Å². The van der Waals surface area contributed by atoms with Crippen LogP contribution in [-0.2, 0) is 17.6 Å². The predicted octanol–water partition coefficient (Wildman–Crippen LogP) is 3.96. The molecule has 0 aliphatic heterocycles. The number of furan rings is 1. The second-order valence-corrected chi connectivity index (χ2v) is 6.13. The molecule has 3 rings (SSSR count). The van der Waals surface area contributed by atoms with E-state index >= 15 is 0 Å². The minimum atomic E-state index is -0.851. The number of halogens is 1. The van der Waals surface area contributed by atoms with Gasteiger partial charge in [0, 0.05) is 5.56 Å². The van der Waals surface area contributed by atoms with Crippen LogP contribution in [0.4, 0.5) is 0 Å². The van der Waals surface area contributed by atoms with Crippen LogP contribution in [0.25, 0.3) is 0 Å². The molecule has 2 aromatic rings. The second-order valence-electron chi connectivity index (χ2n) is 5.35. The molecule has 1 aliphatic rings. The average Bonchev–Trinajstić information content (AvgIpc) is 3.13. The Morgan fingerprint density at radius 1 is 1.18 bits per heavy atom. The summed E-state index contributed by atoms with van der Waals surface area (Å²) >= 11 is 3.12. The Kier molecular flexibility index (Phi) is 4.16. The van der Waals surface area contributed by atoms with Crippen LogP contribution in [0, 0.1) is 0 Å². The van der Waals surface area contributed by atoms with Gasteiger partial charge in [0.25, 0.3) is 0 Å². The predicted molar refractivity (Wildman–Crippen MR) is 84.1 cm³/mol. The third-order valence-corrected chi connectivity index (χ3v) is 4.24. The molecule has 1 atom stereocenters. The highest BCUT2D eigenvalue weighted by Gasteiger charge is 2.23. The summed E-state index contributed by atoms with van der Waals surface area (Å²) in [4.78, 5) is 24.3. The maximum absolute atomic E-state index is 12.4. The molecule has 4 nitrogen and oxygen atoms in total. The van der Waals surface area contributed by atoms with Crippen molar-refractivity contribution in [3.05, 3.63) is 57.5 Å². The maximum Gasteiger partial charge on any atom is 0.374 e. The van der Waals surface area contributed by atoms with Crippen molar-refractivity contribution in [3.63, 3.8) is 0 Å². The number of ketones is 1. The summed E-state index contributed by atoms with van der Waals surface area (Å²) < 4.78 is 10.7. The van der Waals surface area contributed by atoms with E-state index in [1.807, 2.05) is 12.1 Å². The van der Waals surface area contributed by atoms with Crippen LogP contribution in [0.2, 0.25) is 0 Å². The Labute approximate surface area is 136 Å². The fourth-order valence-electron chi connectivity index (χ4n) is 2.66. The zero-order valence-corrected chi connectivity index (χ0v) is 13.7. The Morgan fingerprint density at radius 3 is 2.68 bits per heavy atom. The van der Waals surface area contributed by atoms with E-state index in [1.54, 1.807) is 19.1 Å². The summed E-state index contributed by atoms with van der Waals surface area (Å²) in [7, 11) is 0. The van der Waals surface area contributed by atoms with Gasteiger partial charge in [-0.2, -0.15) is 0 Å². The number of carbonyl (C=O) groups excluding carboxylic acids is 2. The third-order valence-electron chi connectivity index (χ3n) is 3.81. The first-order valence-electron chi connectivity index (χ1n) is 7.17. The van der Waals surface area contributed by atoms with E-state index in [2.05, 4.69) is 15.9 Å². The third kappa shape index (κ3) is 2.99. The molecule has 1 heterocycles. The summed E-state index contributed by atoms with van der Waals surface area (Å²) in [5.74, 6) is -0.776. The van der Waals surface area contributed by atoms with Gasteiger partial charge < -0.3 is 9.15 Å². The highest BCUT2D eigenvalue weighted by Crippen LogP contribution is 2.24. The van der Waals surface area contributed by atoms with Crippen LogP contribution in [0.1, 0.15) is 45.4 Å². The Bertz CT molecular complexity index is 732. The number of rotatable bonds is 4. The van der Waals surface area contributed by atoms with Crippen LogP contribution >= 0.6 is 15.9 Å². The number of aryl methyl sites for hydroxylation is 2. The summed E-state index contributed by atoms with van der Waals surface area (Å²) in [6, 6.07) is 8.81. The van der Waals surface area contributed by atoms with Gasteiger partial charge in [0.15, 0.2) is 10.8 Å². The molecule has 1 aromatic carbocycles. The van der Waals surface area contributed by atoms with E-state index in [-0.39, 0.29) is 11.5 Å². The first kappa shape index (κ1) is 15.0. The molecule has 0 N–H and O–H groups in total. The number of ether oxygens (including phenoxy) is 1.